The normalized spacial score (nSPS) is 10.6. The molecule has 2 heteroatoms. The lowest BCUT2D eigenvalue weighted by molar-refractivity contribution is 0.626. The van der Waals surface area contributed by atoms with E-state index in [1.54, 1.807) is 13.8 Å². The van der Waals surface area contributed by atoms with Gasteiger partial charge in [-0.25, -0.2) is 4.39 Å². The topological polar surface area (TPSA) is 0 Å². The highest BCUT2D eigenvalue weighted by atomic mass is 35.5. The van der Waals surface area contributed by atoms with Crippen molar-refractivity contribution in [2.75, 3.05) is 0 Å². The molecule has 0 atom stereocenters. The summed E-state index contributed by atoms with van der Waals surface area (Å²) in [5.74, 6) is 5.42. The van der Waals surface area contributed by atoms with Crippen LogP contribution >= 0.6 is 11.6 Å². The summed E-state index contributed by atoms with van der Waals surface area (Å²) in [5.41, 5.74) is 1.53. The molecule has 0 aliphatic carbocycles. The van der Waals surface area contributed by atoms with Gasteiger partial charge in [-0.3, -0.25) is 0 Å². The first-order valence-electron chi connectivity index (χ1n) is 4.36. The Morgan fingerprint density at radius 3 is 2.43 bits per heavy atom. The van der Waals surface area contributed by atoms with Gasteiger partial charge in [0.05, 0.1) is 4.87 Å². The quantitative estimate of drug-likeness (QED) is 0.454. The first kappa shape index (κ1) is 11.1. The van der Waals surface area contributed by atoms with Crippen LogP contribution in [0.5, 0.6) is 0 Å². The van der Waals surface area contributed by atoms with Crippen molar-refractivity contribution in [1.82, 2.24) is 0 Å². The van der Waals surface area contributed by atoms with Crippen molar-refractivity contribution in [2.45, 2.75) is 25.6 Å². The highest BCUT2D eigenvalue weighted by Crippen LogP contribution is 2.12. The van der Waals surface area contributed by atoms with E-state index in [-0.39, 0.29) is 5.82 Å². The van der Waals surface area contributed by atoms with E-state index in [0.29, 0.717) is 5.56 Å². The largest absolute Gasteiger partial charge is 0.207 e. The molecule has 1 rings (SSSR count). The number of hydrogen-bond donors (Lipinski definition) is 0. The van der Waals surface area contributed by atoms with Gasteiger partial charge in [0, 0.05) is 5.56 Å². The average molecular weight is 211 g/mol. The molecule has 0 unspecified atom stereocenters. The van der Waals surface area contributed by atoms with Gasteiger partial charge in [-0.2, -0.15) is 0 Å². The third-order valence-electron chi connectivity index (χ3n) is 1.55. The minimum absolute atomic E-state index is 0.262. The van der Waals surface area contributed by atoms with E-state index in [4.69, 9.17) is 11.6 Å². The molecule has 0 aromatic heterocycles. The summed E-state index contributed by atoms with van der Waals surface area (Å²) in [4.78, 5) is -0.569. The van der Waals surface area contributed by atoms with Gasteiger partial charge in [0.1, 0.15) is 5.82 Å². The summed E-state index contributed by atoms with van der Waals surface area (Å²) in [6.07, 6.45) is 0. The highest BCUT2D eigenvalue weighted by Gasteiger charge is 2.06. The van der Waals surface area contributed by atoms with E-state index in [1.807, 2.05) is 13.0 Å². The second kappa shape index (κ2) is 4.02. The Morgan fingerprint density at radius 1 is 1.29 bits per heavy atom. The standard InChI is InChI=1S/C12H12ClF/c1-9-6-10(8-11(14)7-9)4-5-12(2,3)13/h6-8H,1-3H3. The van der Waals surface area contributed by atoms with Crippen molar-refractivity contribution in [1.29, 1.82) is 0 Å². The van der Waals surface area contributed by atoms with E-state index in [1.165, 1.54) is 12.1 Å². The molecule has 1 aromatic carbocycles. The molecular formula is C12H12ClF. The van der Waals surface area contributed by atoms with Crippen LogP contribution in [0, 0.1) is 24.6 Å². The second-order valence-electron chi connectivity index (χ2n) is 3.74. The SMILES string of the molecule is Cc1cc(F)cc(C#CC(C)(C)Cl)c1. The molecular weight excluding hydrogens is 199 g/mol. The molecule has 14 heavy (non-hydrogen) atoms. The predicted octanol–water partition coefficient (Wildman–Crippen LogP) is 3.50. The summed E-state index contributed by atoms with van der Waals surface area (Å²) in [6.45, 7) is 5.43. The van der Waals surface area contributed by atoms with E-state index < -0.39 is 4.87 Å². The number of aryl methyl sites for hydroxylation is 1. The third-order valence-corrected chi connectivity index (χ3v) is 1.64. The van der Waals surface area contributed by atoms with Crippen molar-refractivity contribution in [2.24, 2.45) is 0 Å². The molecule has 0 fully saturated rings. The highest BCUT2D eigenvalue weighted by molar-refractivity contribution is 6.25. The van der Waals surface area contributed by atoms with Crippen LogP contribution in [0.4, 0.5) is 4.39 Å². The number of benzene rings is 1. The van der Waals surface area contributed by atoms with Crippen LogP contribution in [0.1, 0.15) is 25.0 Å². The zero-order chi connectivity index (χ0) is 10.8. The Labute approximate surface area is 89.1 Å². The maximum absolute atomic E-state index is 12.9. The fourth-order valence-electron chi connectivity index (χ4n) is 1.03. The van der Waals surface area contributed by atoms with Crippen molar-refractivity contribution in [3.8, 4) is 11.8 Å². The Bertz CT molecular complexity index is 371. The van der Waals surface area contributed by atoms with E-state index in [2.05, 4.69) is 11.8 Å². The maximum Gasteiger partial charge on any atom is 0.124 e. The van der Waals surface area contributed by atoms with Crippen LogP contribution in [0.15, 0.2) is 18.2 Å². The van der Waals surface area contributed by atoms with Gasteiger partial charge < -0.3 is 0 Å². The molecule has 0 spiro atoms. The molecule has 0 aliphatic heterocycles. The van der Waals surface area contributed by atoms with E-state index >= 15 is 0 Å². The summed E-state index contributed by atoms with van der Waals surface area (Å²) >= 11 is 5.90. The summed E-state index contributed by atoms with van der Waals surface area (Å²) in [5, 5.41) is 0. The monoisotopic (exact) mass is 210 g/mol. The van der Waals surface area contributed by atoms with E-state index in [9.17, 15) is 4.39 Å². The van der Waals surface area contributed by atoms with Crippen LogP contribution in [0.25, 0.3) is 0 Å². The number of rotatable bonds is 0. The van der Waals surface area contributed by atoms with E-state index in [0.717, 1.165) is 5.56 Å². The van der Waals surface area contributed by atoms with Gasteiger partial charge in [0.25, 0.3) is 0 Å². The molecule has 0 nitrogen and oxygen atoms in total. The molecule has 0 saturated carbocycles. The Morgan fingerprint density at radius 2 is 1.93 bits per heavy atom. The molecule has 0 saturated heterocycles. The van der Waals surface area contributed by atoms with Gasteiger partial charge >= 0.3 is 0 Å². The van der Waals surface area contributed by atoms with Crippen LogP contribution in [0.2, 0.25) is 0 Å². The van der Waals surface area contributed by atoms with Crippen molar-refractivity contribution in [3.05, 3.63) is 35.1 Å². The molecule has 0 N–H and O–H groups in total. The Hall–Kier alpha value is -1.00. The Kier molecular flexibility index (Phi) is 3.18. The van der Waals surface area contributed by atoms with Crippen molar-refractivity contribution in [3.63, 3.8) is 0 Å². The molecule has 0 amide bonds. The predicted molar refractivity (Wildman–Crippen MR) is 57.9 cm³/mol. The third kappa shape index (κ3) is 3.81. The fraction of sp³-hybridized carbons (Fsp3) is 0.333. The van der Waals surface area contributed by atoms with Gasteiger partial charge in [-0.15, -0.1) is 11.6 Å². The van der Waals surface area contributed by atoms with Crippen LogP contribution < -0.4 is 0 Å². The lowest BCUT2D eigenvalue weighted by Crippen LogP contribution is -2.04. The number of halogens is 2. The first-order chi connectivity index (χ1) is 6.37. The molecule has 0 radical (unpaired) electrons. The number of alkyl halides is 1. The zero-order valence-corrected chi connectivity index (χ0v) is 9.24. The molecule has 0 bridgehead atoms. The zero-order valence-electron chi connectivity index (χ0n) is 8.49. The van der Waals surface area contributed by atoms with Crippen LogP contribution in [-0.4, -0.2) is 4.87 Å². The van der Waals surface area contributed by atoms with Crippen LogP contribution in [-0.2, 0) is 0 Å². The van der Waals surface area contributed by atoms with Crippen molar-refractivity contribution >= 4 is 11.6 Å². The summed E-state index contributed by atoms with van der Waals surface area (Å²) in [7, 11) is 0. The molecule has 74 valence electrons. The maximum atomic E-state index is 12.9. The van der Waals surface area contributed by atoms with Gasteiger partial charge in [-0.1, -0.05) is 11.8 Å². The molecule has 0 aliphatic rings. The lowest BCUT2D eigenvalue weighted by Gasteiger charge is -2.03. The first-order valence-corrected chi connectivity index (χ1v) is 4.74. The molecule has 1 aromatic rings. The summed E-state index contributed by atoms with van der Waals surface area (Å²) in [6, 6.07) is 4.71. The minimum atomic E-state index is -0.569. The second-order valence-corrected chi connectivity index (χ2v) is 4.68. The number of hydrogen-bond acceptors (Lipinski definition) is 0. The average Bonchev–Trinajstić information content (AvgIpc) is 1.97. The fourth-order valence-corrected chi connectivity index (χ4v) is 1.08. The minimum Gasteiger partial charge on any atom is -0.207 e. The van der Waals surface area contributed by atoms with Gasteiger partial charge in [-0.05, 0) is 44.5 Å². The van der Waals surface area contributed by atoms with Crippen LogP contribution in [0.3, 0.4) is 0 Å². The van der Waals surface area contributed by atoms with Gasteiger partial charge in [0.15, 0.2) is 0 Å². The van der Waals surface area contributed by atoms with Gasteiger partial charge in [0.2, 0.25) is 0 Å². The summed E-state index contributed by atoms with van der Waals surface area (Å²) < 4.78 is 12.9. The lowest BCUT2D eigenvalue weighted by atomic mass is 10.1. The smallest absolute Gasteiger partial charge is 0.124 e. The molecule has 0 heterocycles. The Balaban J connectivity index is 3.02. The van der Waals surface area contributed by atoms with Crippen molar-refractivity contribution < 1.29 is 4.39 Å².